The molecule has 0 saturated carbocycles. The summed E-state index contributed by atoms with van der Waals surface area (Å²) in [5.41, 5.74) is 8.60. The Labute approximate surface area is 473 Å². The van der Waals surface area contributed by atoms with Crippen LogP contribution in [-0.4, -0.2) is 71.0 Å². The SMILES string of the molecule is CC(=O)Cc1cc(C)c(CCS(=O)(=O)Cl)cc1Cl.CC(=O)Cc1ccc(CCS(=O)(=O)Cl)c(C)c1Cl.CC(=O)Cc1ccc(CCS)c(C)c1.CC=NC(Cl)Cl.O=NO[O-].O=S(=O)(Cl)Cl.[K+]. The third-order valence-electron chi connectivity index (χ3n) is 7.73. The third kappa shape index (κ3) is 42.7. The molecular formula is C39H49Cl8KN2O12S4. The van der Waals surface area contributed by atoms with E-state index in [1.165, 1.54) is 30.3 Å². The molecule has 27 heteroatoms. The summed E-state index contributed by atoms with van der Waals surface area (Å²) in [6.45, 7) is 12.1. The smallest absolute Gasteiger partial charge is 0.635 e. The van der Waals surface area contributed by atoms with Crippen molar-refractivity contribution in [1.29, 1.82) is 0 Å². The van der Waals surface area contributed by atoms with Crippen LogP contribution in [0.4, 0.5) is 0 Å². The minimum absolute atomic E-state index is 0. The molecule has 0 radical (unpaired) electrons. The van der Waals surface area contributed by atoms with Crippen molar-refractivity contribution in [1.82, 2.24) is 0 Å². The number of carbonyl (C=O) groups excluding carboxylic acids is 3. The molecule has 0 spiro atoms. The van der Waals surface area contributed by atoms with Gasteiger partial charge in [0.25, 0.3) is 0 Å². The molecule has 14 nitrogen and oxygen atoms in total. The van der Waals surface area contributed by atoms with Crippen LogP contribution in [0, 0.1) is 25.7 Å². The number of ketones is 3. The molecule has 0 bridgehead atoms. The zero-order valence-corrected chi connectivity index (χ0v) is 49.6. The van der Waals surface area contributed by atoms with Gasteiger partial charge >= 0.3 is 59.6 Å². The van der Waals surface area contributed by atoms with Crippen LogP contribution in [0.2, 0.25) is 10.0 Å². The van der Waals surface area contributed by atoms with Gasteiger partial charge in [-0.1, -0.05) is 82.8 Å². The Balaban J connectivity index is -0.000000377. The number of aliphatic imine (C=N–C) groups is 1. The number of alkyl halides is 2. The van der Waals surface area contributed by atoms with Crippen LogP contribution in [0.5, 0.6) is 0 Å². The van der Waals surface area contributed by atoms with E-state index in [9.17, 15) is 31.2 Å². The second-order valence-electron chi connectivity index (χ2n) is 13.3. The number of rotatable bonds is 16. The first-order valence-corrected chi connectivity index (χ1v) is 28.7. The first-order chi connectivity index (χ1) is 29.7. The van der Waals surface area contributed by atoms with E-state index in [1.54, 1.807) is 38.3 Å². The van der Waals surface area contributed by atoms with Crippen molar-refractivity contribution < 1.29 is 101 Å². The van der Waals surface area contributed by atoms with E-state index in [-0.39, 0.29) is 93.1 Å². The maximum atomic E-state index is 11.1. The van der Waals surface area contributed by atoms with Crippen molar-refractivity contribution in [3.05, 3.63) is 107 Å². The third-order valence-corrected chi connectivity index (χ3v) is 11.4. The van der Waals surface area contributed by atoms with Crippen LogP contribution < -0.4 is 56.6 Å². The van der Waals surface area contributed by atoms with Gasteiger partial charge in [-0.15, -0.1) is 4.91 Å². The summed E-state index contributed by atoms with van der Waals surface area (Å²) >= 11 is 26.7. The maximum Gasteiger partial charge on any atom is 1.00 e. The van der Waals surface area contributed by atoms with Crippen LogP contribution in [-0.2, 0) is 84.3 Å². The summed E-state index contributed by atoms with van der Waals surface area (Å²) < 4.78 is 61.9. The molecule has 368 valence electrons. The Kier molecular flexibility index (Phi) is 42.3. The fourth-order valence-corrected chi connectivity index (χ4v) is 7.41. The Bertz CT molecular complexity index is 2320. The van der Waals surface area contributed by atoms with Gasteiger partial charge < -0.3 is 10.2 Å². The summed E-state index contributed by atoms with van der Waals surface area (Å²) in [5, 5.41) is 10.8. The Morgan fingerprint density at radius 2 is 1.11 bits per heavy atom. The molecule has 3 aromatic rings. The Morgan fingerprint density at radius 3 is 1.47 bits per heavy atom. The first-order valence-electron chi connectivity index (χ1n) is 18.3. The summed E-state index contributed by atoms with van der Waals surface area (Å²) in [6.07, 6.45) is 4.30. The number of carbonyl (C=O) groups is 3. The van der Waals surface area contributed by atoms with Gasteiger partial charge in [-0.25, -0.2) is 16.8 Å². The molecule has 0 heterocycles. The molecule has 0 amide bonds. The Hall–Kier alpha value is -0.144. The minimum atomic E-state index is -3.72. The number of halogens is 8. The van der Waals surface area contributed by atoms with Crippen molar-refractivity contribution >= 4 is 152 Å². The molecule has 3 aromatic carbocycles. The number of nitrogens with zero attached hydrogens (tertiary/aromatic N) is 2. The van der Waals surface area contributed by atoms with Crippen LogP contribution in [0.15, 0.2) is 52.8 Å². The normalized spacial score (nSPS) is 10.7. The van der Waals surface area contributed by atoms with Crippen molar-refractivity contribution in [2.75, 3.05) is 17.3 Å². The molecule has 0 saturated heterocycles. The molecule has 0 N–H and O–H groups in total. The van der Waals surface area contributed by atoms with Gasteiger partial charge in [0.1, 0.15) is 22.7 Å². The largest absolute Gasteiger partial charge is 1.00 e. The summed E-state index contributed by atoms with van der Waals surface area (Å²) in [6, 6.07) is 13.3. The van der Waals surface area contributed by atoms with E-state index in [0.717, 1.165) is 51.1 Å². The maximum absolute atomic E-state index is 11.1. The monoisotopic (exact) mass is 1180 g/mol. The van der Waals surface area contributed by atoms with Crippen LogP contribution in [0.25, 0.3) is 0 Å². The molecule has 0 aliphatic rings. The van der Waals surface area contributed by atoms with E-state index in [4.69, 9.17) is 86.4 Å². The van der Waals surface area contributed by atoms with Gasteiger partial charge in [-0.2, -0.15) is 21.0 Å². The quantitative estimate of drug-likeness (QED) is 0.0178. The van der Waals surface area contributed by atoms with Crippen molar-refractivity contribution in [2.24, 2.45) is 10.3 Å². The number of hydrogen-bond donors (Lipinski definition) is 1. The second-order valence-corrected chi connectivity index (χ2v) is 25.0. The van der Waals surface area contributed by atoms with Crippen LogP contribution >= 0.6 is 102 Å². The van der Waals surface area contributed by atoms with E-state index in [2.05, 4.69) is 63.0 Å². The van der Waals surface area contributed by atoms with Gasteiger partial charge in [-0.05, 0) is 136 Å². The fourth-order valence-electron chi connectivity index (χ4n) is 5.04. The van der Waals surface area contributed by atoms with Crippen molar-refractivity contribution in [3.8, 4) is 0 Å². The number of hydrogen-bond acceptors (Lipinski definition) is 15. The van der Waals surface area contributed by atoms with Gasteiger partial charge in [0.15, 0.2) is 4.96 Å². The minimum Gasteiger partial charge on any atom is -0.635 e. The predicted molar refractivity (Wildman–Crippen MR) is 268 cm³/mol. The first kappa shape index (κ1) is 72.4. The molecule has 0 atom stereocenters. The van der Waals surface area contributed by atoms with E-state index in [0.29, 0.717) is 29.3 Å². The molecule has 66 heavy (non-hydrogen) atoms. The fraction of sp³-hybridized carbons (Fsp3) is 0.436. The standard InChI is InChI=1S/2C12H14Cl2O3S.C12H16OS.C3H5Cl2N.Cl2O2S.K.HNO3/c1-8-5-11(6-9(2)15)12(13)7-10(8)3-4-18(14,16)17;1-8(15)7-11-4-3-10(9(2)12(11)13)5-6-18(14,16)17;1-9-7-11(8-10(2)13)3-4-12(9)5-6-14;1-2-6-3(4)5;1-5(2,3)4;;2-1-4-3/h5,7H,3-4,6H2,1-2H3;3-4H,5-7H2,1-2H3;3-4,7,14H,5-6,8H2,1-2H3;2-3H,1H3;;;3H/q;;;;;+1;/p-1. The van der Waals surface area contributed by atoms with Gasteiger partial charge in [0.2, 0.25) is 18.1 Å². The zero-order valence-electron chi connectivity index (χ0n) is 37.0. The summed E-state index contributed by atoms with van der Waals surface area (Å²) in [7, 11) is 8.14. The molecule has 0 unspecified atom stereocenters. The number of benzene rings is 3. The van der Waals surface area contributed by atoms with Gasteiger partial charge in [0.05, 0.1) is 11.5 Å². The summed E-state index contributed by atoms with van der Waals surface area (Å²) in [5.74, 6) is 0.897. The topological polar surface area (TPSA) is 228 Å². The average Bonchev–Trinajstić information content (AvgIpc) is 3.14. The van der Waals surface area contributed by atoms with E-state index in [1.807, 2.05) is 26.0 Å². The summed E-state index contributed by atoms with van der Waals surface area (Å²) in [4.78, 5) is 46.7. The Morgan fingerprint density at radius 1 is 0.697 bits per heavy atom. The van der Waals surface area contributed by atoms with Gasteiger partial charge in [0, 0.05) is 72.0 Å². The van der Waals surface area contributed by atoms with E-state index >= 15 is 0 Å². The van der Waals surface area contributed by atoms with Crippen LogP contribution in [0.3, 0.4) is 0 Å². The molecular weight excluding hydrogens is 1140 g/mol. The van der Waals surface area contributed by atoms with E-state index < -0.39 is 31.3 Å². The molecule has 3 rings (SSSR count). The average molecular weight is 1190 g/mol. The van der Waals surface area contributed by atoms with Crippen LogP contribution in [0.1, 0.15) is 77.8 Å². The predicted octanol–water partition coefficient (Wildman–Crippen LogP) is 6.89. The molecule has 0 aromatic heterocycles. The molecule has 0 aliphatic heterocycles. The van der Waals surface area contributed by atoms with Crippen molar-refractivity contribution in [3.63, 3.8) is 0 Å². The second kappa shape index (κ2) is 38.5. The zero-order chi connectivity index (χ0) is 51.3. The van der Waals surface area contributed by atoms with Gasteiger partial charge in [-0.3, -0.25) is 19.4 Å². The number of thiol groups is 1. The molecule has 0 aliphatic carbocycles. The number of Topliss-reactive ketones (excluding diaryl/α,β-unsaturated/α-hetero) is 3. The van der Waals surface area contributed by atoms with Crippen molar-refractivity contribution in [2.45, 2.75) is 92.0 Å². The molecule has 0 fully saturated rings. The number of aryl methyl sites for hydroxylation is 5.